The first-order chi connectivity index (χ1) is 9.05. The topological polar surface area (TPSA) is 29.9 Å². The monoisotopic (exact) mass is 261 g/mol. The Morgan fingerprint density at radius 2 is 2.16 bits per heavy atom. The van der Waals surface area contributed by atoms with Crippen molar-refractivity contribution in [2.75, 3.05) is 0 Å². The molecule has 0 bridgehead atoms. The minimum absolute atomic E-state index is 0.499. The second-order valence-corrected chi connectivity index (χ2v) is 7.34. The van der Waals surface area contributed by atoms with E-state index in [0.717, 1.165) is 0 Å². The van der Waals surface area contributed by atoms with Crippen LogP contribution in [0.4, 0.5) is 0 Å². The maximum atomic E-state index is 4.44. The van der Waals surface area contributed by atoms with E-state index in [9.17, 15) is 0 Å². The van der Waals surface area contributed by atoms with Crippen LogP contribution in [0.15, 0.2) is 12.5 Å². The smallest absolute Gasteiger partial charge is 0.0951 e. The lowest BCUT2D eigenvalue weighted by molar-refractivity contribution is 0.315. The third kappa shape index (κ3) is 2.71. The first-order valence-corrected chi connectivity index (χ1v) is 7.83. The van der Waals surface area contributed by atoms with Gasteiger partial charge in [-0.25, -0.2) is 4.98 Å². The summed E-state index contributed by atoms with van der Waals surface area (Å²) in [6, 6.07) is 1.81. The number of imidazole rings is 1. The molecule has 106 valence electrons. The van der Waals surface area contributed by atoms with Gasteiger partial charge in [-0.15, -0.1) is 0 Å². The standard InChI is InChI=1S/C16H27N3/c1-12-5-4-6-14(18-12)15-10-17-11-19(15)13-7-8-16(2,3)9-13/h10-14,18H,4-9H2,1-3H3. The van der Waals surface area contributed by atoms with Crippen LogP contribution in [0, 0.1) is 5.41 Å². The van der Waals surface area contributed by atoms with Crippen molar-refractivity contribution in [3.05, 3.63) is 18.2 Å². The molecule has 3 heteroatoms. The summed E-state index contributed by atoms with van der Waals surface area (Å²) in [7, 11) is 0. The molecule has 1 saturated heterocycles. The lowest BCUT2D eigenvalue weighted by Gasteiger charge is -2.30. The molecule has 1 aliphatic carbocycles. The van der Waals surface area contributed by atoms with Crippen LogP contribution >= 0.6 is 0 Å². The highest BCUT2D eigenvalue weighted by Gasteiger charge is 2.33. The van der Waals surface area contributed by atoms with Crippen molar-refractivity contribution in [1.82, 2.24) is 14.9 Å². The molecular formula is C16H27N3. The summed E-state index contributed by atoms with van der Waals surface area (Å²) in [6.07, 6.45) is 12.0. The number of aromatic nitrogens is 2. The molecule has 1 saturated carbocycles. The van der Waals surface area contributed by atoms with E-state index in [1.54, 1.807) is 0 Å². The predicted octanol–water partition coefficient (Wildman–Crippen LogP) is 3.84. The summed E-state index contributed by atoms with van der Waals surface area (Å²) in [5.74, 6) is 0. The van der Waals surface area contributed by atoms with Gasteiger partial charge in [0.2, 0.25) is 0 Å². The highest BCUT2D eigenvalue weighted by atomic mass is 15.1. The van der Waals surface area contributed by atoms with Crippen LogP contribution in [0.5, 0.6) is 0 Å². The molecule has 2 heterocycles. The van der Waals surface area contributed by atoms with Crippen LogP contribution < -0.4 is 5.32 Å². The molecule has 1 N–H and O–H groups in total. The molecular weight excluding hydrogens is 234 g/mol. The second kappa shape index (κ2) is 4.93. The number of nitrogens with zero attached hydrogens (tertiary/aromatic N) is 2. The lowest BCUT2D eigenvalue weighted by atomic mass is 9.91. The van der Waals surface area contributed by atoms with Crippen molar-refractivity contribution >= 4 is 0 Å². The van der Waals surface area contributed by atoms with Crippen molar-refractivity contribution < 1.29 is 0 Å². The summed E-state index contributed by atoms with van der Waals surface area (Å²) in [5, 5.41) is 3.74. The third-order valence-electron chi connectivity index (χ3n) is 5.00. The van der Waals surface area contributed by atoms with Crippen molar-refractivity contribution in [3.63, 3.8) is 0 Å². The molecule has 1 aliphatic heterocycles. The number of nitrogens with one attached hydrogen (secondary N) is 1. The van der Waals surface area contributed by atoms with Crippen molar-refractivity contribution in [3.8, 4) is 0 Å². The van der Waals surface area contributed by atoms with Crippen LogP contribution in [-0.4, -0.2) is 15.6 Å². The van der Waals surface area contributed by atoms with Gasteiger partial charge in [-0.1, -0.05) is 13.8 Å². The van der Waals surface area contributed by atoms with E-state index < -0.39 is 0 Å². The van der Waals surface area contributed by atoms with Gasteiger partial charge in [0.1, 0.15) is 0 Å². The molecule has 3 unspecified atom stereocenters. The minimum Gasteiger partial charge on any atom is -0.330 e. The molecule has 2 aliphatic rings. The van der Waals surface area contributed by atoms with Crippen LogP contribution in [0.25, 0.3) is 0 Å². The van der Waals surface area contributed by atoms with Crippen molar-refractivity contribution in [2.45, 2.75) is 77.4 Å². The van der Waals surface area contributed by atoms with Gasteiger partial charge >= 0.3 is 0 Å². The first-order valence-electron chi connectivity index (χ1n) is 7.83. The molecule has 3 atom stereocenters. The molecule has 0 amide bonds. The Kier molecular flexibility index (Phi) is 3.42. The van der Waals surface area contributed by atoms with Gasteiger partial charge < -0.3 is 9.88 Å². The fourth-order valence-electron chi connectivity index (χ4n) is 3.90. The largest absolute Gasteiger partial charge is 0.330 e. The van der Waals surface area contributed by atoms with Gasteiger partial charge in [-0.05, 0) is 50.9 Å². The van der Waals surface area contributed by atoms with E-state index in [1.165, 1.54) is 44.2 Å². The van der Waals surface area contributed by atoms with Gasteiger partial charge in [0.05, 0.1) is 12.0 Å². The second-order valence-electron chi connectivity index (χ2n) is 7.34. The molecule has 19 heavy (non-hydrogen) atoms. The zero-order valence-electron chi connectivity index (χ0n) is 12.5. The average Bonchev–Trinajstić information content (AvgIpc) is 2.95. The highest BCUT2D eigenvalue weighted by molar-refractivity contribution is 5.09. The summed E-state index contributed by atoms with van der Waals surface area (Å²) in [4.78, 5) is 4.44. The van der Waals surface area contributed by atoms with Gasteiger partial charge in [-0.3, -0.25) is 0 Å². The van der Waals surface area contributed by atoms with E-state index in [0.29, 0.717) is 23.5 Å². The number of piperidine rings is 1. The fourth-order valence-corrected chi connectivity index (χ4v) is 3.90. The van der Waals surface area contributed by atoms with E-state index in [-0.39, 0.29) is 0 Å². The van der Waals surface area contributed by atoms with Crippen LogP contribution in [0.2, 0.25) is 0 Å². The average molecular weight is 261 g/mol. The van der Waals surface area contributed by atoms with Gasteiger partial charge in [0.25, 0.3) is 0 Å². The molecule has 1 aromatic heterocycles. The Morgan fingerprint density at radius 3 is 2.84 bits per heavy atom. The van der Waals surface area contributed by atoms with E-state index in [1.807, 2.05) is 0 Å². The minimum atomic E-state index is 0.499. The van der Waals surface area contributed by atoms with E-state index in [2.05, 4.69) is 48.2 Å². The number of hydrogen-bond donors (Lipinski definition) is 1. The normalized spacial score (nSPS) is 34.6. The third-order valence-corrected chi connectivity index (χ3v) is 5.00. The molecule has 0 spiro atoms. The van der Waals surface area contributed by atoms with Gasteiger partial charge in [0.15, 0.2) is 0 Å². The lowest BCUT2D eigenvalue weighted by Crippen LogP contribution is -2.35. The fraction of sp³-hybridized carbons (Fsp3) is 0.812. The first kappa shape index (κ1) is 13.2. The highest BCUT2D eigenvalue weighted by Crippen LogP contribution is 2.44. The zero-order valence-corrected chi connectivity index (χ0v) is 12.5. The van der Waals surface area contributed by atoms with Crippen LogP contribution in [-0.2, 0) is 0 Å². The quantitative estimate of drug-likeness (QED) is 0.876. The maximum Gasteiger partial charge on any atom is 0.0951 e. The van der Waals surface area contributed by atoms with Crippen LogP contribution in [0.3, 0.4) is 0 Å². The van der Waals surface area contributed by atoms with E-state index in [4.69, 9.17) is 0 Å². The maximum absolute atomic E-state index is 4.44. The Balaban J connectivity index is 1.79. The molecule has 3 rings (SSSR count). The summed E-state index contributed by atoms with van der Waals surface area (Å²) < 4.78 is 2.46. The van der Waals surface area contributed by atoms with Gasteiger partial charge in [0, 0.05) is 24.3 Å². The Bertz CT molecular complexity index is 418. The van der Waals surface area contributed by atoms with Gasteiger partial charge in [-0.2, -0.15) is 0 Å². The number of hydrogen-bond acceptors (Lipinski definition) is 2. The van der Waals surface area contributed by atoms with E-state index >= 15 is 0 Å². The van der Waals surface area contributed by atoms with Crippen LogP contribution in [0.1, 0.15) is 77.1 Å². The van der Waals surface area contributed by atoms with Crippen molar-refractivity contribution in [2.24, 2.45) is 5.41 Å². The SMILES string of the molecule is CC1CCCC(c2cncn2C2CCC(C)(C)C2)N1. The predicted molar refractivity (Wildman–Crippen MR) is 78.1 cm³/mol. The number of rotatable bonds is 2. The Hall–Kier alpha value is -0.830. The molecule has 3 nitrogen and oxygen atoms in total. The Morgan fingerprint density at radius 1 is 1.32 bits per heavy atom. The molecule has 1 aromatic rings. The molecule has 2 fully saturated rings. The van der Waals surface area contributed by atoms with Crippen molar-refractivity contribution in [1.29, 1.82) is 0 Å². The summed E-state index contributed by atoms with van der Waals surface area (Å²) >= 11 is 0. The summed E-state index contributed by atoms with van der Waals surface area (Å²) in [5.41, 5.74) is 1.91. The molecule has 0 radical (unpaired) electrons. The molecule has 0 aromatic carbocycles. The Labute approximate surface area is 116 Å². The summed E-state index contributed by atoms with van der Waals surface area (Å²) in [6.45, 7) is 7.08. The zero-order chi connectivity index (χ0) is 13.5.